The van der Waals surface area contributed by atoms with E-state index in [1.54, 1.807) is 16.7 Å². The predicted molar refractivity (Wildman–Crippen MR) is 115 cm³/mol. The molecule has 0 saturated heterocycles. The van der Waals surface area contributed by atoms with E-state index in [4.69, 9.17) is 17.3 Å². The lowest BCUT2D eigenvalue weighted by atomic mass is 10.2. The van der Waals surface area contributed by atoms with Crippen molar-refractivity contribution in [3.63, 3.8) is 0 Å². The van der Waals surface area contributed by atoms with Crippen LogP contribution in [0, 0.1) is 5.82 Å². The van der Waals surface area contributed by atoms with Gasteiger partial charge in [0.15, 0.2) is 5.16 Å². The second-order valence-electron chi connectivity index (χ2n) is 6.67. The van der Waals surface area contributed by atoms with Crippen LogP contribution >= 0.6 is 23.4 Å². The molecular formula is C21H21ClFN3O2S. The van der Waals surface area contributed by atoms with Crippen molar-refractivity contribution in [3.8, 4) is 0 Å². The van der Waals surface area contributed by atoms with E-state index in [-0.39, 0.29) is 17.3 Å². The molecule has 8 heteroatoms. The van der Waals surface area contributed by atoms with Crippen LogP contribution in [0.25, 0.3) is 10.9 Å². The molecule has 0 aliphatic carbocycles. The van der Waals surface area contributed by atoms with Gasteiger partial charge >= 0.3 is 0 Å². The molecule has 0 unspecified atom stereocenters. The second kappa shape index (κ2) is 9.89. The number of carbonyl (C=O) groups is 1. The predicted octanol–water partition coefficient (Wildman–Crippen LogP) is 4.53. The number of aromatic nitrogens is 2. The van der Waals surface area contributed by atoms with Gasteiger partial charge in [0.1, 0.15) is 5.82 Å². The molecule has 0 atom stereocenters. The summed E-state index contributed by atoms with van der Waals surface area (Å²) in [7, 11) is 0. The van der Waals surface area contributed by atoms with E-state index >= 15 is 0 Å². The molecule has 0 aliphatic heterocycles. The van der Waals surface area contributed by atoms with Gasteiger partial charge in [-0.3, -0.25) is 14.2 Å². The van der Waals surface area contributed by atoms with Gasteiger partial charge in [0.2, 0.25) is 5.91 Å². The average Bonchev–Trinajstić information content (AvgIpc) is 2.68. The molecule has 0 saturated carbocycles. The van der Waals surface area contributed by atoms with Crippen molar-refractivity contribution < 1.29 is 9.18 Å². The molecule has 1 heterocycles. The van der Waals surface area contributed by atoms with Crippen LogP contribution in [0.3, 0.4) is 0 Å². The molecule has 29 heavy (non-hydrogen) atoms. The number of hydrogen-bond donors (Lipinski definition) is 1. The number of rotatable bonds is 9. The maximum Gasteiger partial charge on any atom is 0.262 e. The molecule has 3 aromatic rings. The van der Waals surface area contributed by atoms with Crippen LogP contribution < -0.4 is 11.3 Å². The lowest BCUT2D eigenvalue weighted by molar-refractivity contribution is -0.118. The maximum atomic E-state index is 13.3. The minimum atomic E-state index is -0.388. The number of hydrogen-bond acceptors (Lipinski definition) is 4. The Labute approximate surface area is 177 Å². The van der Waals surface area contributed by atoms with E-state index in [2.05, 4.69) is 4.98 Å². The highest BCUT2D eigenvalue weighted by atomic mass is 35.5. The van der Waals surface area contributed by atoms with Crippen molar-refractivity contribution in [2.45, 2.75) is 43.1 Å². The third-order valence-electron chi connectivity index (χ3n) is 4.50. The molecular weight excluding hydrogens is 413 g/mol. The van der Waals surface area contributed by atoms with Gasteiger partial charge in [-0.25, -0.2) is 9.37 Å². The lowest BCUT2D eigenvalue weighted by Crippen LogP contribution is -2.23. The quantitative estimate of drug-likeness (QED) is 0.305. The molecule has 2 N–H and O–H groups in total. The Hall–Kier alpha value is -2.38. The van der Waals surface area contributed by atoms with Gasteiger partial charge in [0.05, 0.1) is 10.9 Å². The van der Waals surface area contributed by atoms with Gasteiger partial charge in [-0.15, -0.1) is 0 Å². The van der Waals surface area contributed by atoms with Crippen molar-refractivity contribution in [1.82, 2.24) is 9.55 Å². The highest BCUT2D eigenvalue weighted by Crippen LogP contribution is 2.27. The van der Waals surface area contributed by atoms with Crippen LogP contribution in [-0.2, 0) is 17.1 Å². The fourth-order valence-electron chi connectivity index (χ4n) is 2.98. The van der Waals surface area contributed by atoms with Gasteiger partial charge in [0, 0.05) is 23.7 Å². The summed E-state index contributed by atoms with van der Waals surface area (Å²) < 4.78 is 14.9. The van der Waals surface area contributed by atoms with Crippen LogP contribution in [-0.4, -0.2) is 15.5 Å². The van der Waals surface area contributed by atoms with Gasteiger partial charge in [-0.2, -0.15) is 0 Å². The van der Waals surface area contributed by atoms with E-state index in [1.165, 1.54) is 23.9 Å². The van der Waals surface area contributed by atoms with Crippen LogP contribution in [0.2, 0.25) is 5.02 Å². The molecule has 1 aromatic heterocycles. The van der Waals surface area contributed by atoms with E-state index < -0.39 is 0 Å². The third kappa shape index (κ3) is 5.58. The molecule has 5 nitrogen and oxygen atoms in total. The molecule has 152 valence electrons. The smallest absolute Gasteiger partial charge is 0.262 e. The lowest BCUT2D eigenvalue weighted by Gasteiger charge is -2.13. The highest BCUT2D eigenvalue weighted by Gasteiger charge is 2.13. The topological polar surface area (TPSA) is 78.0 Å². The number of benzene rings is 2. The Kier molecular flexibility index (Phi) is 7.28. The summed E-state index contributed by atoms with van der Waals surface area (Å²) in [4.78, 5) is 28.5. The number of carbonyl (C=O) groups excluding carboxylic acids is 1. The first kappa shape index (κ1) is 21.3. The van der Waals surface area contributed by atoms with Crippen molar-refractivity contribution in [3.05, 3.63) is 69.2 Å². The zero-order chi connectivity index (χ0) is 20.8. The molecule has 0 spiro atoms. The molecule has 2 aromatic carbocycles. The average molecular weight is 434 g/mol. The number of halogens is 2. The van der Waals surface area contributed by atoms with Gasteiger partial charge in [0.25, 0.3) is 5.56 Å². The Balaban J connectivity index is 1.83. The summed E-state index contributed by atoms with van der Waals surface area (Å²) in [6, 6.07) is 11.5. The fourth-order valence-corrected chi connectivity index (χ4v) is 4.32. The van der Waals surface area contributed by atoms with E-state index in [0.717, 1.165) is 18.4 Å². The first-order valence-electron chi connectivity index (χ1n) is 9.30. The Bertz CT molecular complexity index is 1090. The largest absolute Gasteiger partial charge is 0.370 e. The molecule has 3 rings (SSSR count). The van der Waals surface area contributed by atoms with Crippen LogP contribution in [0.4, 0.5) is 4.39 Å². The summed E-state index contributed by atoms with van der Waals surface area (Å²) in [5.74, 6) is -0.242. The summed E-state index contributed by atoms with van der Waals surface area (Å²) in [6.07, 6.45) is 2.56. The first-order chi connectivity index (χ1) is 14.0. The maximum absolute atomic E-state index is 13.3. The number of nitrogens with two attached hydrogens (primary N) is 1. The molecule has 0 aliphatic rings. The molecule has 0 bridgehead atoms. The Morgan fingerprint density at radius 3 is 2.72 bits per heavy atom. The number of nitrogens with zero attached hydrogens (tertiary/aromatic N) is 2. The van der Waals surface area contributed by atoms with E-state index in [1.807, 2.05) is 18.2 Å². The number of thioether (sulfide) groups is 1. The second-order valence-corrected chi connectivity index (χ2v) is 8.02. The summed E-state index contributed by atoms with van der Waals surface area (Å²) in [5, 5.41) is 1.50. The number of unbranched alkanes of at least 4 members (excludes halogenated alkanes) is 2. The number of para-hydroxylation sites is 1. The minimum absolute atomic E-state index is 0.0989. The number of primary amides is 1. The normalized spacial score (nSPS) is 11.1. The molecule has 1 amide bonds. The van der Waals surface area contributed by atoms with E-state index in [0.29, 0.717) is 46.2 Å². The van der Waals surface area contributed by atoms with E-state index in [9.17, 15) is 14.0 Å². The van der Waals surface area contributed by atoms with Gasteiger partial charge < -0.3 is 5.73 Å². The standard InChI is InChI=1S/C21H21ClFN3O2S/c22-17-12-15(23)10-9-14(17)13-29-21-25-18-7-4-3-6-16(18)20(28)26(21)11-5-1-2-8-19(24)27/h3-4,6-7,9-10,12H,1-2,5,8,11,13H2,(H2,24,27). The zero-order valence-electron chi connectivity index (χ0n) is 15.7. The molecule has 0 radical (unpaired) electrons. The molecule has 0 fully saturated rings. The number of amides is 1. The van der Waals surface area contributed by atoms with Crippen LogP contribution in [0.1, 0.15) is 31.2 Å². The number of fused-ring (bicyclic) bond motifs is 1. The Morgan fingerprint density at radius 1 is 1.17 bits per heavy atom. The van der Waals surface area contributed by atoms with Crippen molar-refractivity contribution in [2.75, 3.05) is 0 Å². The monoisotopic (exact) mass is 433 g/mol. The first-order valence-corrected chi connectivity index (χ1v) is 10.7. The zero-order valence-corrected chi connectivity index (χ0v) is 17.3. The summed E-state index contributed by atoms with van der Waals surface area (Å²) in [5.41, 5.74) is 6.48. The Morgan fingerprint density at radius 2 is 1.97 bits per heavy atom. The third-order valence-corrected chi connectivity index (χ3v) is 5.88. The summed E-state index contributed by atoms with van der Waals surface area (Å²) in [6.45, 7) is 0.495. The summed E-state index contributed by atoms with van der Waals surface area (Å²) >= 11 is 7.51. The van der Waals surface area contributed by atoms with Crippen LogP contribution in [0.5, 0.6) is 0 Å². The van der Waals surface area contributed by atoms with Crippen molar-refractivity contribution >= 4 is 40.2 Å². The minimum Gasteiger partial charge on any atom is -0.370 e. The fraction of sp³-hybridized carbons (Fsp3) is 0.286. The van der Waals surface area contributed by atoms with Crippen molar-refractivity contribution in [2.24, 2.45) is 5.73 Å². The SMILES string of the molecule is NC(=O)CCCCCn1c(SCc2ccc(F)cc2Cl)nc2ccccc2c1=O. The van der Waals surface area contributed by atoms with Gasteiger partial charge in [-0.1, -0.05) is 48.0 Å². The highest BCUT2D eigenvalue weighted by molar-refractivity contribution is 7.98. The van der Waals surface area contributed by atoms with Crippen LogP contribution in [0.15, 0.2) is 52.4 Å². The van der Waals surface area contributed by atoms with Crippen molar-refractivity contribution in [1.29, 1.82) is 0 Å². The van der Waals surface area contributed by atoms with Gasteiger partial charge in [-0.05, 0) is 42.7 Å².